The highest BCUT2D eigenvalue weighted by atomic mass is 19.3. The van der Waals surface area contributed by atoms with Gasteiger partial charge < -0.3 is 4.74 Å². The maximum absolute atomic E-state index is 11.2. The number of hydrogen-bond acceptors (Lipinski definition) is 1. The number of rotatable bonds is 3. The Labute approximate surface area is 46.6 Å². The maximum Gasteiger partial charge on any atom is 0.261 e. The summed E-state index contributed by atoms with van der Waals surface area (Å²) in [6.07, 6.45) is 2.28. The normalized spacial score (nSPS) is 9.25. The summed E-state index contributed by atoms with van der Waals surface area (Å²) >= 11 is 0. The SMILES string of the molecule is C#CCOCC(F)F. The molecule has 3 heteroatoms. The molecule has 0 heterocycles. The molecule has 0 unspecified atom stereocenters. The van der Waals surface area contributed by atoms with Crippen LogP contribution < -0.4 is 0 Å². The molecule has 8 heavy (non-hydrogen) atoms. The van der Waals surface area contributed by atoms with E-state index in [9.17, 15) is 8.78 Å². The Balaban J connectivity index is 2.85. The van der Waals surface area contributed by atoms with Gasteiger partial charge in [0.05, 0.1) is 0 Å². The van der Waals surface area contributed by atoms with Gasteiger partial charge in [-0.15, -0.1) is 6.42 Å². The highest BCUT2D eigenvalue weighted by molar-refractivity contribution is 4.82. The number of halogens is 2. The summed E-state index contributed by atoms with van der Waals surface area (Å²) in [6.45, 7) is -0.603. The van der Waals surface area contributed by atoms with Crippen molar-refractivity contribution < 1.29 is 13.5 Å². The third-order valence-electron chi connectivity index (χ3n) is 0.429. The fourth-order valence-corrected chi connectivity index (χ4v) is 0.207. The number of terminal acetylenes is 1. The van der Waals surface area contributed by atoms with E-state index in [1.165, 1.54) is 0 Å². The van der Waals surface area contributed by atoms with Gasteiger partial charge in [0, 0.05) is 0 Å². The van der Waals surface area contributed by atoms with Crippen molar-refractivity contribution in [2.75, 3.05) is 13.2 Å². The van der Waals surface area contributed by atoms with Crippen LogP contribution in [-0.2, 0) is 4.74 Å². The first-order chi connectivity index (χ1) is 3.77. The molecule has 0 amide bonds. The van der Waals surface area contributed by atoms with Gasteiger partial charge in [0.2, 0.25) is 0 Å². The maximum atomic E-state index is 11.2. The van der Waals surface area contributed by atoms with Gasteiger partial charge in [0.1, 0.15) is 13.2 Å². The molecule has 0 aromatic rings. The Morgan fingerprint density at radius 3 is 2.62 bits per heavy atom. The van der Waals surface area contributed by atoms with E-state index in [1.807, 2.05) is 0 Å². The van der Waals surface area contributed by atoms with Crippen molar-refractivity contribution in [3.05, 3.63) is 0 Å². The lowest BCUT2D eigenvalue weighted by atomic mass is 10.7. The van der Waals surface area contributed by atoms with E-state index >= 15 is 0 Å². The van der Waals surface area contributed by atoms with Crippen LogP contribution in [0.1, 0.15) is 0 Å². The minimum Gasteiger partial charge on any atom is -0.363 e. The largest absolute Gasteiger partial charge is 0.363 e. The predicted molar refractivity (Wildman–Crippen MR) is 25.7 cm³/mol. The zero-order chi connectivity index (χ0) is 6.41. The minimum atomic E-state index is -2.41. The van der Waals surface area contributed by atoms with Gasteiger partial charge in [-0.2, -0.15) is 0 Å². The van der Waals surface area contributed by atoms with Crippen LogP contribution >= 0.6 is 0 Å². The summed E-state index contributed by atoms with van der Waals surface area (Å²) < 4.78 is 26.6. The first-order valence-corrected chi connectivity index (χ1v) is 2.06. The van der Waals surface area contributed by atoms with E-state index < -0.39 is 13.0 Å². The van der Waals surface area contributed by atoms with Crippen LogP contribution in [0.2, 0.25) is 0 Å². The van der Waals surface area contributed by atoms with Crippen LogP contribution in [0.25, 0.3) is 0 Å². The first-order valence-electron chi connectivity index (χ1n) is 2.06. The fraction of sp³-hybridized carbons (Fsp3) is 0.600. The molecule has 46 valence electrons. The van der Waals surface area contributed by atoms with Gasteiger partial charge in [0.15, 0.2) is 0 Å². The van der Waals surface area contributed by atoms with Crippen LogP contribution in [0.4, 0.5) is 8.78 Å². The molecule has 0 N–H and O–H groups in total. The van der Waals surface area contributed by atoms with E-state index in [4.69, 9.17) is 6.42 Å². The van der Waals surface area contributed by atoms with E-state index in [0.29, 0.717) is 0 Å². The summed E-state index contributed by atoms with van der Waals surface area (Å²) in [5.41, 5.74) is 0. The van der Waals surface area contributed by atoms with Gasteiger partial charge in [-0.3, -0.25) is 0 Å². The van der Waals surface area contributed by atoms with E-state index in [-0.39, 0.29) is 6.61 Å². The summed E-state index contributed by atoms with van der Waals surface area (Å²) in [5, 5.41) is 0. The van der Waals surface area contributed by atoms with Crippen molar-refractivity contribution in [2.24, 2.45) is 0 Å². The van der Waals surface area contributed by atoms with Crippen molar-refractivity contribution in [2.45, 2.75) is 6.43 Å². The average Bonchev–Trinajstić information content (AvgIpc) is 1.66. The Hall–Kier alpha value is -0.620. The Morgan fingerprint density at radius 1 is 1.62 bits per heavy atom. The van der Waals surface area contributed by atoms with Gasteiger partial charge in [-0.05, 0) is 0 Å². The molecular formula is C5H6F2O. The molecule has 0 aromatic carbocycles. The Morgan fingerprint density at radius 2 is 2.25 bits per heavy atom. The van der Waals surface area contributed by atoms with Crippen molar-refractivity contribution in [1.82, 2.24) is 0 Å². The Kier molecular flexibility index (Phi) is 4.19. The van der Waals surface area contributed by atoms with Gasteiger partial charge >= 0.3 is 0 Å². The molecule has 0 saturated heterocycles. The van der Waals surface area contributed by atoms with Crippen molar-refractivity contribution in [3.63, 3.8) is 0 Å². The highest BCUT2D eigenvalue weighted by Gasteiger charge is 1.98. The molecule has 0 fully saturated rings. The van der Waals surface area contributed by atoms with Crippen LogP contribution in [0, 0.1) is 12.3 Å². The van der Waals surface area contributed by atoms with Gasteiger partial charge in [-0.1, -0.05) is 5.92 Å². The topological polar surface area (TPSA) is 9.23 Å². The highest BCUT2D eigenvalue weighted by Crippen LogP contribution is 1.90. The summed E-state index contributed by atoms with van der Waals surface area (Å²) in [6, 6.07) is 0. The zero-order valence-electron chi connectivity index (χ0n) is 4.23. The molecule has 0 aromatic heterocycles. The van der Waals surface area contributed by atoms with Gasteiger partial charge in [-0.25, -0.2) is 8.78 Å². The van der Waals surface area contributed by atoms with Crippen LogP contribution in [-0.4, -0.2) is 19.6 Å². The molecule has 0 atom stereocenters. The second-order valence-electron chi connectivity index (χ2n) is 1.11. The lowest BCUT2D eigenvalue weighted by Crippen LogP contribution is -2.03. The van der Waals surface area contributed by atoms with Crippen LogP contribution in [0.3, 0.4) is 0 Å². The fourth-order valence-electron chi connectivity index (χ4n) is 0.207. The van der Waals surface area contributed by atoms with Crippen molar-refractivity contribution in [1.29, 1.82) is 0 Å². The molecule has 0 bridgehead atoms. The van der Waals surface area contributed by atoms with Crippen molar-refractivity contribution >= 4 is 0 Å². The molecule has 0 aliphatic carbocycles. The smallest absolute Gasteiger partial charge is 0.261 e. The number of ether oxygens (including phenoxy) is 1. The van der Waals surface area contributed by atoms with E-state index in [2.05, 4.69) is 10.7 Å². The van der Waals surface area contributed by atoms with Crippen molar-refractivity contribution in [3.8, 4) is 12.3 Å². The third kappa shape index (κ3) is 5.38. The monoisotopic (exact) mass is 120 g/mol. The van der Waals surface area contributed by atoms with Gasteiger partial charge in [0.25, 0.3) is 6.43 Å². The second kappa shape index (κ2) is 4.54. The standard InChI is InChI=1S/C5H6F2O/c1-2-3-8-4-5(6)7/h1,5H,3-4H2. The summed E-state index contributed by atoms with van der Waals surface area (Å²) in [5.74, 6) is 2.07. The van der Waals surface area contributed by atoms with E-state index in [1.54, 1.807) is 0 Å². The average molecular weight is 120 g/mol. The quantitative estimate of drug-likeness (QED) is 0.397. The molecule has 0 aliphatic rings. The summed E-state index contributed by atoms with van der Waals surface area (Å²) in [4.78, 5) is 0. The molecule has 0 aliphatic heterocycles. The Bertz CT molecular complexity index is 84.9. The molecule has 0 saturated carbocycles. The predicted octanol–water partition coefficient (Wildman–Crippen LogP) is 0.901. The molecule has 0 spiro atoms. The van der Waals surface area contributed by atoms with Crippen LogP contribution in [0.15, 0.2) is 0 Å². The number of hydrogen-bond donors (Lipinski definition) is 0. The lowest BCUT2D eigenvalue weighted by Gasteiger charge is -1.95. The molecule has 1 nitrogen and oxygen atoms in total. The lowest BCUT2D eigenvalue weighted by molar-refractivity contribution is 0.0305. The third-order valence-corrected chi connectivity index (χ3v) is 0.429. The summed E-state index contributed by atoms with van der Waals surface area (Å²) in [7, 11) is 0. The zero-order valence-corrected chi connectivity index (χ0v) is 4.23. The minimum absolute atomic E-state index is 0.0374. The first kappa shape index (κ1) is 7.38. The molecular weight excluding hydrogens is 114 g/mol. The molecule has 0 radical (unpaired) electrons. The second-order valence-corrected chi connectivity index (χ2v) is 1.11. The van der Waals surface area contributed by atoms with Crippen LogP contribution in [0.5, 0.6) is 0 Å². The number of alkyl halides is 2. The van der Waals surface area contributed by atoms with E-state index in [0.717, 1.165) is 0 Å². The molecule has 0 rings (SSSR count).